The summed E-state index contributed by atoms with van der Waals surface area (Å²) in [6, 6.07) is 23.2. The highest BCUT2D eigenvalue weighted by Gasteiger charge is 2.43. The van der Waals surface area contributed by atoms with Crippen LogP contribution < -0.4 is 10.2 Å². The number of methoxy groups -OCH3 is 1. The van der Waals surface area contributed by atoms with Crippen LogP contribution in [0.5, 0.6) is 0 Å². The first-order valence-electron chi connectivity index (χ1n) is 12.3. The lowest BCUT2D eigenvalue weighted by Gasteiger charge is -2.25. The number of rotatable bonds is 8. The van der Waals surface area contributed by atoms with Crippen molar-refractivity contribution in [3.63, 3.8) is 0 Å². The average Bonchev–Trinajstić information content (AvgIpc) is 3.61. The first-order chi connectivity index (χ1) is 18.1. The lowest BCUT2D eigenvalue weighted by Crippen LogP contribution is -3.14. The quantitative estimate of drug-likeness (QED) is 0.360. The first kappa shape index (κ1) is 24.3. The van der Waals surface area contributed by atoms with Crippen LogP contribution in [0, 0.1) is 0 Å². The number of benzene rings is 2. The van der Waals surface area contributed by atoms with Crippen molar-refractivity contribution < 1.29 is 19.2 Å². The number of quaternary nitrogens is 1. The minimum absolute atomic E-state index is 0.0348. The second-order valence-corrected chi connectivity index (χ2v) is 9.18. The molecule has 0 bridgehead atoms. The molecule has 1 aliphatic heterocycles. The van der Waals surface area contributed by atoms with Crippen LogP contribution in [0.25, 0.3) is 0 Å². The van der Waals surface area contributed by atoms with Gasteiger partial charge in [-0.05, 0) is 17.2 Å². The zero-order valence-electron chi connectivity index (χ0n) is 20.5. The number of carbonyl (C=O) groups excluding carboxylic acids is 2. The third kappa shape index (κ3) is 5.57. The van der Waals surface area contributed by atoms with Crippen LogP contribution in [-0.4, -0.2) is 51.6 Å². The number of pyridine rings is 1. The Hall–Kier alpha value is -4.37. The van der Waals surface area contributed by atoms with Crippen LogP contribution in [0.15, 0.2) is 91.4 Å². The molecule has 188 valence electrons. The zero-order valence-corrected chi connectivity index (χ0v) is 20.5. The lowest BCUT2D eigenvalue weighted by molar-refractivity contribution is -0.917. The second-order valence-electron chi connectivity index (χ2n) is 9.18. The summed E-state index contributed by atoms with van der Waals surface area (Å²) in [5.74, 6) is -0.570. The van der Waals surface area contributed by atoms with Gasteiger partial charge in [0.1, 0.15) is 19.1 Å². The summed E-state index contributed by atoms with van der Waals surface area (Å²) >= 11 is 0. The van der Waals surface area contributed by atoms with Crippen molar-refractivity contribution in [3.05, 3.63) is 114 Å². The van der Waals surface area contributed by atoms with E-state index < -0.39 is 5.97 Å². The molecule has 1 fully saturated rings. The van der Waals surface area contributed by atoms with E-state index in [4.69, 9.17) is 4.74 Å². The number of ether oxygens (including phenoxy) is 1. The van der Waals surface area contributed by atoms with Gasteiger partial charge in [0.25, 0.3) is 5.91 Å². The van der Waals surface area contributed by atoms with Crippen LogP contribution in [0.3, 0.4) is 0 Å². The predicted molar refractivity (Wildman–Crippen MR) is 135 cm³/mol. The van der Waals surface area contributed by atoms with E-state index in [1.54, 1.807) is 17.1 Å². The fourth-order valence-electron chi connectivity index (χ4n) is 4.97. The van der Waals surface area contributed by atoms with Crippen molar-refractivity contribution in [2.75, 3.05) is 13.7 Å². The molecule has 1 aliphatic rings. The van der Waals surface area contributed by atoms with Gasteiger partial charge in [0.15, 0.2) is 11.7 Å². The second kappa shape index (κ2) is 11.1. The molecule has 2 aromatic carbocycles. The van der Waals surface area contributed by atoms with Crippen LogP contribution >= 0.6 is 0 Å². The fraction of sp³-hybridized carbons (Fsp3) is 0.250. The smallest absolute Gasteiger partial charge is 0.360 e. The summed E-state index contributed by atoms with van der Waals surface area (Å²) in [5, 5.41) is 11.4. The molecule has 0 saturated carbocycles. The Morgan fingerprint density at radius 2 is 1.76 bits per heavy atom. The Morgan fingerprint density at radius 1 is 1.05 bits per heavy atom. The van der Waals surface area contributed by atoms with Gasteiger partial charge >= 0.3 is 5.97 Å². The van der Waals surface area contributed by atoms with Gasteiger partial charge in [0.05, 0.1) is 19.3 Å². The Balaban J connectivity index is 1.41. The van der Waals surface area contributed by atoms with Gasteiger partial charge in [0.2, 0.25) is 0 Å². The standard InChI is InChI=1S/C28H28N6O3/c1-37-28(36)24-19-34(32-31-24)23-15-25(33(18-23)17-20-9-8-14-29-16-20)27(35)30-26(21-10-4-2-5-11-21)22-12-6-3-7-13-22/h2-14,16,19,23,25-26H,15,17-18H2,1H3,(H,30,35)/p+1. The molecule has 1 amide bonds. The molecule has 2 N–H and O–H groups in total. The molecule has 5 rings (SSSR count). The highest BCUT2D eigenvalue weighted by Crippen LogP contribution is 2.23. The number of amides is 1. The Bertz CT molecular complexity index is 1290. The van der Waals surface area contributed by atoms with Crippen molar-refractivity contribution >= 4 is 11.9 Å². The van der Waals surface area contributed by atoms with Gasteiger partial charge in [-0.1, -0.05) is 71.9 Å². The van der Waals surface area contributed by atoms with Crippen LogP contribution in [0.4, 0.5) is 0 Å². The number of nitrogens with one attached hydrogen (secondary N) is 2. The number of hydrogen-bond donors (Lipinski definition) is 2. The molecular formula is C28H29N6O3+. The van der Waals surface area contributed by atoms with Gasteiger partial charge in [-0.3, -0.25) is 9.78 Å². The van der Waals surface area contributed by atoms with Gasteiger partial charge < -0.3 is 15.0 Å². The van der Waals surface area contributed by atoms with Crippen molar-refractivity contribution in [1.82, 2.24) is 25.3 Å². The van der Waals surface area contributed by atoms with E-state index in [0.717, 1.165) is 21.6 Å². The maximum absolute atomic E-state index is 13.9. The molecule has 0 spiro atoms. The summed E-state index contributed by atoms with van der Waals surface area (Å²) < 4.78 is 6.44. The van der Waals surface area contributed by atoms with Crippen molar-refractivity contribution in [3.8, 4) is 0 Å². The topological polar surface area (TPSA) is 103 Å². The maximum Gasteiger partial charge on any atom is 0.360 e. The average molecular weight is 498 g/mol. The number of carbonyl (C=O) groups is 2. The van der Waals surface area contributed by atoms with Gasteiger partial charge in [-0.15, -0.1) is 5.10 Å². The highest BCUT2D eigenvalue weighted by molar-refractivity contribution is 5.86. The van der Waals surface area contributed by atoms with Crippen molar-refractivity contribution in [2.24, 2.45) is 0 Å². The predicted octanol–water partition coefficient (Wildman–Crippen LogP) is 1.76. The molecule has 9 nitrogen and oxygen atoms in total. The number of likely N-dealkylation sites (tertiary alicyclic amines) is 1. The first-order valence-corrected chi connectivity index (χ1v) is 12.3. The van der Waals surface area contributed by atoms with Crippen molar-refractivity contribution in [1.29, 1.82) is 0 Å². The van der Waals surface area contributed by atoms with Crippen LogP contribution in [0.2, 0.25) is 0 Å². The fourth-order valence-corrected chi connectivity index (χ4v) is 4.97. The molecule has 0 aliphatic carbocycles. The number of aromatic nitrogens is 4. The largest absolute Gasteiger partial charge is 0.464 e. The van der Waals surface area contributed by atoms with Crippen molar-refractivity contribution in [2.45, 2.75) is 31.1 Å². The molecule has 9 heteroatoms. The maximum atomic E-state index is 13.9. The van der Waals surface area contributed by atoms with E-state index >= 15 is 0 Å². The summed E-state index contributed by atoms with van der Waals surface area (Å²) in [6.07, 6.45) is 5.72. The monoisotopic (exact) mass is 497 g/mol. The van der Waals surface area contributed by atoms with E-state index in [1.807, 2.05) is 79.0 Å². The number of nitrogens with zero attached hydrogens (tertiary/aromatic N) is 4. The normalized spacial score (nSPS) is 19.0. The lowest BCUT2D eigenvalue weighted by atomic mass is 9.98. The number of esters is 1. The molecule has 3 atom stereocenters. The summed E-state index contributed by atoms with van der Waals surface area (Å²) in [6.45, 7) is 1.29. The van der Waals surface area contributed by atoms with Crippen LogP contribution in [-0.2, 0) is 16.1 Å². The van der Waals surface area contributed by atoms with E-state index in [0.29, 0.717) is 19.5 Å². The molecule has 1 saturated heterocycles. The minimum Gasteiger partial charge on any atom is -0.464 e. The molecule has 3 unspecified atom stereocenters. The molecule has 37 heavy (non-hydrogen) atoms. The molecular weight excluding hydrogens is 468 g/mol. The highest BCUT2D eigenvalue weighted by atomic mass is 16.5. The van der Waals surface area contributed by atoms with Crippen LogP contribution in [0.1, 0.15) is 45.7 Å². The molecule has 4 aromatic rings. The van der Waals surface area contributed by atoms with Gasteiger partial charge in [-0.2, -0.15) is 0 Å². The summed E-state index contributed by atoms with van der Waals surface area (Å²) in [4.78, 5) is 31.1. The van der Waals surface area contributed by atoms with Gasteiger partial charge in [0, 0.05) is 24.4 Å². The van der Waals surface area contributed by atoms with E-state index in [-0.39, 0.29) is 29.7 Å². The Morgan fingerprint density at radius 3 is 2.38 bits per heavy atom. The zero-order chi connectivity index (χ0) is 25.6. The summed E-state index contributed by atoms with van der Waals surface area (Å²) in [5.41, 5.74) is 3.23. The Kier molecular flexibility index (Phi) is 7.32. The van der Waals surface area contributed by atoms with E-state index in [1.165, 1.54) is 7.11 Å². The van der Waals surface area contributed by atoms with E-state index in [9.17, 15) is 9.59 Å². The molecule has 3 heterocycles. The molecule has 0 radical (unpaired) electrons. The molecule has 2 aromatic heterocycles. The van der Waals surface area contributed by atoms with Gasteiger partial charge in [-0.25, -0.2) is 9.48 Å². The minimum atomic E-state index is -0.535. The third-order valence-corrected chi connectivity index (χ3v) is 6.80. The Labute approximate surface area is 215 Å². The number of hydrogen-bond acceptors (Lipinski definition) is 6. The third-order valence-electron chi connectivity index (χ3n) is 6.80. The SMILES string of the molecule is COC(=O)c1cn(C2CC(C(=O)NC(c3ccccc3)c3ccccc3)[NH+](Cc3cccnc3)C2)nn1. The summed E-state index contributed by atoms with van der Waals surface area (Å²) in [7, 11) is 1.31. The van der Waals surface area contributed by atoms with E-state index in [2.05, 4.69) is 20.6 Å².